The van der Waals surface area contributed by atoms with Gasteiger partial charge in [-0.1, -0.05) is 0 Å². The lowest BCUT2D eigenvalue weighted by molar-refractivity contribution is -0.143. The van der Waals surface area contributed by atoms with Gasteiger partial charge in [0.05, 0.1) is 7.11 Å². The fraction of sp³-hybridized carbons (Fsp3) is 0.364. The largest absolute Gasteiger partial charge is 0.504 e. The van der Waals surface area contributed by atoms with Gasteiger partial charge in [0.15, 0.2) is 11.5 Å². The zero-order chi connectivity index (χ0) is 11.7. The Morgan fingerprint density at radius 3 is 2.53 bits per heavy atom. The number of hydrogen-bond donors (Lipinski definition) is 3. The molecule has 0 aromatic heterocycles. The molecule has 0 bridgehead atoms. The second kappa shape index (κ2) is 5.25. The lowest BCUT2D eigenvalue weighted by Crippen LogP contribution is -2.42. The van der Waals surface area contributed by atoms with Crippen LogP contribution in [0.3, 0.4) is 0 Å². The Kier molecular flexibility index (Phi) is 4.20. The minimum atomic E-state index is -0.388. The fourth-order valence-corrected chi connectivity index (χ4v) is 1.85. The van der Waals surface area contributed by atoms with Crippen LogP contribution in [0, 0.1) is 0 Å². The number of phenolic OH excluding ortho intramolecular Hbond substituents is 2. The number of nitrogens with one attached hydrogen (secondary N) is 1. The SMILES string of the molecule is COC(=O)[C@@H]1Cc2cc(O)c(O)cc2CN1.Cl. The van der Waals surface area contributed by atoms with Crippen LogP contribution in [0.2, 0.25) is 0 Å². The fourth-order valence-electron chi connectivity index (χ4n) is 1.85. The lowest BCUT2D eigenvalue weighted by atomic mass is 9.95. The summed E-state index contributed by atoms with van der Waals surface area (Å²) in [7, 11) is 1.34. The number of halogens is 1. The third kappa shape index (κ3) is 2.62. The molecule has 1 atom stereocenters. The van der Waals surface area contributed by atoms with E-state index >= 15 is 0 Å². The van der Waals surface area contributed by atoms with Crippen LogP contribution >= 0.6 is 12.4 Å². The third-order valence-electron chi connectivity index (χ3n) is 2.75. The number of ether oxygens (including phenoxy) is 1. The third-order valence-corrected chi connectivity index (χ3v) is 2.75. The van der Waals surface area contributed by atoms with Gasteiger partial charge in [0.2, 0.25) is 0 Å². The summed E-state index contributed by atoms with van der Waals surface area (Å²) in [5.41, 5.74) is 1.74. The average molecular weight is 260 g/mol. The van der Waals surface area contributed by atoms with Crippen LogP contribution in [0.5, 0.6) is 11.5 Å². The van der Waals surface area contributed by atoms with Gasteiger partial charge in [-0.05, 0) is 29.7 Å². The molecule has 6 heteroatoms. The highest BCUT2D eigenvalue weighted by Gasteiger charge is 2.25. The Balaban J connectivity index is 0.00000144. The molecule has 1 aliphatic heterocycles. The van der Waals surface area contributed by atoms with Gasteiger partial charge in [0.1, 0.15) is 6.04 Å². The Labute approximate surface area is 105 Å². The van der Waals surface area contributed by atoms with Gasteiger partial charge < -0.3 is 20.3 Å². The van der Waals surface area contributed by atoms with Crippen molar-refractivity contribution in [3.8, 4) is 11.5 Å². The average Bonchev–Trinajstić information content (AvgIpc) is 2.29. The number of fused-ring (bicyclic) bond motifs is 1. The maximum Gasteiger partial charge on any atom is 0.323 e. The number of benzene rings is 1. The minimum absolute atomic E-state index is 0. The first kappa shape index (κ1) is 13.6. The van der Waals surface area contributed by atoms with Gasteiger partial charge in [-0.2, -0.15) is 0 Å². The van der Waals surface area contributed by atoms with Crippen molar-refractivity contribution in [2.75, 3.05) is 7.11 Å². The standard InChI is InChI=1S/C11H13NO4.ClH/c1-16-11(15)8-2-6-3-9(13)10(14)4-7(6)5-12-8;/h3-4,8,12-14H,2,5H2,1H3;1H/t8-;/m0./s1. The molecule has 1 heterocycles. The van der Waals surface area contributed by atoms with E-state index < -0.39 is 0 Å². The highest BCUT2D eigenvalue weighted by atomic mass is 35.5. The molecule has 1 aromatic carbocycles. The summed E-state index contributed by atoms with van der Waals surface area (Å²) in [6.07, 6.45) is 0.454. The molecular weight excluding hydrogens is 246 g/mol. The predicted octanol–water partition coefficient (Wildman–Crippen LogP) is 0.707. The maximum absolute atomic E-state index is 11.3. The molecule has 1 aliphatic rings. The highest BCUT2D eigenvalue weighted by Crippen LogP contribution is 2.30. The molecular formula is C11H14ClNO4. The van der Waals surface area contributed by atoms with Crippen LogP contribution in [0.1, 0.15) is 11.1 Å². The first-order chi connectivity index (χ1) is 7.61. The van der Waals surface area contributed by atoms with E-state index in [4.69, 9.17) is 0 Å². The molecule has 1 aromatic rings. The zero-order valence-corrected chi connectivity index (χ0v) is 10.1. The lowest BCUT2D eigenvalue weighted by Gasteiger charge is -2.24. The van der Waals surface area contributed by atoms with E-state index in [0.29, 0.717) is 13.0 Å². The van der Waals surface area contributed by atoms with E-state index in [1.165, 1.54) is 19.2 Å². The van der Waals surface area contributed by atoms with Crippen LogP contribution in [0.4, 0.5) is 0 Å². The van der Waals surface area contributed by atoms with Crippen LogP contribution in [0.25, 0.3) is 0 Å². The van der Waals surface area contributed by atoms with Gasteiger partial charge in [-0.15, -0.1) is 12.4 Å². The molecule has 0 aliphatic carbocycles. The number of aromatic hydroxyl groups is 2. The van der Waals surface area contributed by atoms with Crippen molar-refractivity contribution in [2.24, 2.45) is 0 Å². The molecule has 0 saturated heterocycles. The molecule has 2 rings (SSSR count). The van der Waals surface area contributed by atoms with E-state index in [-0.39, 0.29) is 35.9 Å². The maximum atomic E-state index is 11.3. The first-order valence-corrected chi connectivity index (χ1v) is 4.96. The van der Waals surface area contributed by atoms with Crippen molar-refractivity contribution >= 4 is 18.4 Å². The summed E-state index contributed by atoms with van der Waals surface area (Å²) in [6, 6.07) is 2.61. The highest BCUT2D eigenvalue weighted by molar-refractivity contribution is 5.85. The van der Waals surface area contributed by atoms with Gasteiger partial charge in [-0.25, -0.2) is 0 Å². The summed E-state index contributed by atoms with van der Waals surface area (Å²) in [6.45, 7) is 0.475. The normalized spacial score (nSPS) is 17.8. The second-order valence-corrected chi connectivity index (χ2v) is 3.77. The van der Waals surface area contributed by atoms with E-state index in [1.807, 2.05) is 0 Å². The molecule has 0 unspecified atom stereocenters. The molecule has 0 spiro atoms. The Morgan fingerprint density at radius 2 is 1.94 bits per heavy atom. The van der Waals surface area contributed by atoms with E-state index in [9.17, 15) is 15.0 Å². The summed E-state index contributed by atoms with van der Waals surface area (Å²) in [4.78, 5) is 11.3. The number of phenols is 2. The quantitative estimate of drug-likeness (QED) is 0.511. The number of hydrogen-bond acceptors (Lipinski definition) is 5. The van der Waals surface area contributed by atoms with E-state index in [0.717, 1.165) is 11.1 Å². The number of rotatable bonds is 1. The monoisotopic (exact) mass is 259 g/mol. The second-order valence-electron chi connectivity index (χ2n) is 3.77. The van der Waals surface area contributed by atoms with Crippen molar-refractivity contribution < 1.29 is 19.7 Å². The number of methoxy groups -OCH3 is 1. The smallest absolute Gasteiger partial charge is 0.323 e. The molecule has 0 fully saturated rings. The number of esters is 1. The molecule has 17 heavy (non-hydrogen) atoms. The minimum Gasteiger partial charge on any atom is -0.504 e. The van der Waals surface area contributed by atoms with Crippen molar-refractivity contribution in [2.45, 2.75) is 19.0 Å². The van der Waals surface area contributed by atoms with Crippen molar-refractivity contribution in [3.05, 3.63) is 23.3 Å². The van der Waals surface area contributed by atoms with Crippen LogP contribution in [0.15, 0.2) is 12.1 Å². The van der Waals surface area contributed by atoms with E-state index in [2.05, 4.69) is 10.1 Å². The zero-order valence-electron chi connectivity index (χ0n) is 9.27. The summed E-state index contributed by atoms with van der Waals surface area (Å²) < 4.78 is 4.65. The van der Waals surface area contributed by atoms with Gasteiger partial charge >= 0.3 is 5.97 Å². The van der Waals surface area contributed by atoms with Gasteiger partial charge in [0, 0.05) is 6.54 Å². The Bertz CT molecular complexity index is 436. The molecule has 0 amide bonds. The van der Waals surface area contributed by atoms with Crippen molar-refractivity contribution in [1.29, 1.82) is 0 Å². The van der Waals surface area contributed by atoms with Crippen molar-refractivity contribution in [1.82, 2.24) is 5.32 Å². The molecule has 0 saturated carbocycles. The molecule has 0 radical (unpaired) electrons. The molecule has 94 valence electrons. The predicted molar refractivity (Wildman–Crippen MR) is 63.4 cm³/mol. The van der Waals surface area contributed by atoms with Crippen LogP contribution < -0.4 is 5.32 Å². The number of carbonyl (C=O) groups is 1. The number of carbonyl (C=O) groups excluding carboxylic acids is 1. The van der Waals surface area contributed by atoms with Crippen LogP contribution in [-0.2, 0) is 22.5 Å². The molecule has 3 N–H and O–H groups in total. The Morgan fingerprint density at radius 1 is 1.35 bits per heavy atom. The van der Waals surface area contributed by atoms with Gasteiger partial charge in [-0.3, -0.25) is 4.79 Å². The van der Waals surface area contributed by atoms with Gasteiger partial charge in [0.25, 0.3) is 0 Å². The van der Waals surface area contributed by atoms with E-state index in [1.54, 1.807) is 0 Å². The topological polar surface area (TPSA) is 78.8 Å². The summed E-state index contributed by atoms with van der Waals surface area (Å²) >= 11 is 0. The Hall–Kier alpha value is -1.46. The van der Waals surface area contributed by atoms with Crippen molar-refractivity contribution in [3.63, 3.8) is 0 Å². The summed E-state index contributed by atoms with van der Waals surface area (Å²) in [5, 5.41) is 21.7. The van der Waals surface area contributed by atoms with Crippen LogP contribution in [-0.4, -0.2) is 29.3 Å². The molecule has 5 nitrogen and oxygen atoms in total. The first-order valence-electron chi connectivity index (χ1n) is 4.96. The summed E-state index contributed by atoms with van der Waals surface area (Å²) in [5.74, 6) is -0.625.